The number of nitrogens with one attached hydrogen (secondary N) is 1. The van der Waals surface area contributed by atoms with Gasteiger partial charge in [-0.1, -0.05) is 37.0 Å². The van der Waals surface area contributed by atoms with Crippen molar-refractivity contribution in [1.29, 1.82) is 0 Å². The van der Waals surface area contributed by atoms with Gasteiger partial charge in [-0.25, -0.2) is 0 Å². The highest BCUT2D eigenvalue weighted by Gasteiger charge is 2.16. The first-order valence-electron chi connectivity index (χ1n) is 5.56. The number of anilines is 1. The number of carbonyl (C=O) groups is 1. The Morgan fingerprint density at radius 2 is 1.84 bits per heavy atom. The van der Waals surface area contributed by atoms with Crippen molar-refractivity contribution in [3.05, 3.63) is 40.0 Å². The Morgan fingerprint density at radius 1 is 1.21 bits per heavy atom. The van der Waals surface area contributed by atoms with E-state index in [-0.39, 0.29) is 11.8 Å². The molecule has 0 atom stereocenters. The summed E-state index contributed by atoms with van der Waals surface area (Å²) in [5.74, 6) is -0.124. The average molecular weight is 300 g/mol. The quantitative estimate of drug-likeness (QED) is 0.937. The van der Waals surface area contributed by atoms with Gasteiger partial charge in [0.15, 0.2) is 0 Å². The molecule has 1 aromatic heterocycles. The van der Waals surface area contributed by atoms with Gasteiger partial charge in [0.25, 0.3) is 0 Å². The van der Waals surface area contributed by atoms with Crippen LogP contribution < -0.4 is 5.32 Å². The van der Waals surface area contributed by atoms with Crippen LogP contribution in [0.15, 0.2) is 22.6 Å². The van der Waals surface area contributed by atoms with Crippen molar-refractivity contribution in [3.63, 3.8) is 0 Å². The van der Waals surface area contributed by atoms with Crippen LogP contribution in [0.5, 0.6) is 0 Å². The second-order valence-electron chi connectivity index (χ2n) is 4.21. The maximum Gasteiger partial charge on any atom is 0.313 e. The Hall–Kier alpha value is -1.59. The van der Waals surface area contributed by atoms with Gasteiger partial charge in [-0.3, -0.25) is 4.79 Å². The second kappa shape index (κ2) is 5.59. The first kappa shape index (κ1) is 13.8. The normalized spacial score (nSPS) is 10.8. The zero-order chi connectivity index (χ0) is 14.0. The van der Waals surface area contributed by atoms with Gasteiger partial charge < -0.3 is 9.73 Å². The number of rotatable bonds is 3. The molecule has 0 aliphatic rings. The van der Waals surface area contributed by atoms with E-state index in [4.69, 9.17) is 27.6 Å². The molecule has 1 aromatic carbocycles. The highest BCUT2D eigenvalue weighted by Crippen LogP contribution is 2.23. The molecule has 1 amide bonds. The highest BCUT2D eigenvalue weighted by atomic mass is 35.5. The van der Waals surface area contributed by atoms with Crippen LogP contribution in [0.1, 0.15) is 36.3 Å². The minimum Gasteiger partial charge on any atom is -0.417 e. The number of nitrogens with zero attached hydrogens (tertiary/aromatic N) is 2. The molecule has 0 spiro atoms. The summed E-state index contributed by atoms with van der Waals surface area (Å²) in [7, 11) is 0. The number of aromatic nitrogens is 2. The molecular formula is C12H11Cl2N3O2. The van der Waals surface area contributed by atoms with E-state index in [0.717, 1.165) is 0 Å². The lowest BCUT2D eigenvalue weighted by Gasteiger charge is -2.03. The third-order valence-corrected chi connectivity index (χ3v) is 2.69. The molecule has 0 saturated carbocycles. The van der Waals surface area contributed by atoms with E-state index in [1.54, 1.807) is 18.2 Å². The fourth-order valence-electron chi connectivity index (χ4n) is 1.37. The lowest BCUT2D eigenvalue weighted by Crippen LogP contribution is -2.12. The third kappa shape index (κ3) is 3.45. The number of carbonyl (C=O) groups excluding carboxylic acids is 1. The molecular weight excluding hydrogens is 289 g/mol. The van der Waals surface area contributed by atoms with E-state index >= 15 is 0 Å². The fourth-order valence-corrected chi connectivity index (χ4v) is 1.90. The summed E-state index contributed by atoms with van der Waals surface area (Å²) in [6.45, 7) is 3.79. The van der Waals surface area contributed by atoms with Crippen LogP contribution in [-0.4, -0.2) is 16.1 Å². The lowest BCUT2D eigenvalue weighted by atomic mass is 10.2. The van der Waals surface area contributed by atoms with Crippen molar-refractivity contribution in [1.82, 2.24) is 10.2 Å². The number of hydrogen-bond donors (Lipinski definition) is 1. The molecule has 1 heterocycles. The number of halogens is 2. The fraction of sp³-hybridized carbons (Fsp3) is 0.250. The van der Waals surface area contributed by atoms with Crippen LogP contribution in [0.2, 0.25) is 10.0 Å². The maximum atomic E-state index is 11.9. The molecule has 5 nitrogen and oxygen atoms in total. The van der Waals surface area contributed by atoms with E-state index in [9.17, 15) is 4.79 Å². The molecule has 19 heavy (non-hydrogen) atoms. The minimum atomic E-state index is -0.502. The van der Waals surface area contributed by atoms with Gasteiger partial charge in [0.1, 0.15) is 0 Å². The molecule has 2 rings (SSSR count). The summed E-state index contributed by atoms with van der Waals surface area (Å²) in [5, 5.41) is 10.9. The van der Waals surface area contributed by atoms with Crippen LogP contribution in [-0.2, 0) is 0 Å². The van der Waals surface area contributed by atoms with E-state index < -0.39 is 5.91 Å². The van der Waals surface area contributed by atoms with Crippen LogP contribution in [0.4, 0.5) is 5.69 Å². The predicted octanol–water partition coefficient (Wildman–Crippen LogP) is 3.75. The monoisotopic (exact) mass is 299 g/mol. The van der Waals surface area contributed by atoms with Gasteiger partial charge >= 0.3 is 11.8 Å². The zero-order valence-corrected chi connectivity index (χ0v) is 11.8. The van der Waals surface area contributed by atoms with Gasteiger partial charge in [0.2, 0.25) is 5.89 Å². The largest absolute Gasteiger partial charge is 0.417 e. The van der Waals surface area contributed by atoms with Gasteiger partial charge in [0.05, 0.1) is 0 Å². The second-order valence-corrected chi connectivity index (χ2v) is 5.09. The standard InChI is InChI=1S/C12H11Cl2N3O2/c1-6(2)11-16-17-12(19-11)10(18)15-9-4-7(13)3-8(14)5-9/h3-6H,1-2H3,(H,15,18). The lowest BCUT2D eigenvalue weighted by molar-refractivity contribution is 0.0988. The Morgan fingerprint density at radius 3 is 2.37 bits per heavy atom. The molecule has 0 aliphatic heterocycles. The van der Waals surface area contributed by atoms with E-state index in [2.05, 4.69) is 15.5 Å². The Labute approximate surface area is 119 Å². The Balaban J connectivity index is 2.15. The predicted molar refractivity (Wildman–Crippen MR) is 72.8 cm³/mol. The van der Waals surface area contributed by atoms with Crippen LogP contribution >= 0.6 is 23.2 Å². The summed E-state index contributed by atoms with van der Waals surface area (Å²) in [4.78, 5) is 11.9. The molecule has 0 bridgehead atoms. The summed E-state index contributed by atoms with van der Waals surface area (Å²) >= 11 is 11.7. The molecule has 0 saturated heterocycles. The molecule has 100 valence electrons. The molecule has 7 heteroatoms. The molecule has 1 N–H and O–H groups in total. The summed E-state index contributed by atoms with van der Waals surface area (Å²) < 4.78 is 5.24. The van der Waals surface area contributed by atoms with Crippen LogP contribution in [0.3, 0.4) is 0 Å². The van der Waals surface area contributed by atoms with Gasteiger partial charge in [-0.2, -0.15) is 0 Å². The zero-order valence-electron chi connectivity index (χ0n) is 10.3. The van der Waals surface area contributed by atoms with Crippen molar-refractivity contribution in [2.45, 2.75) is 19.8 Å². The Bertz CT molecular complexity index is 591. The van der Waals surface area contributed by atoms with Gasteiger partial charge in [0, 0.05) is 21.7 Å². The summed E-state index contributed by atoms with van der Waals surface area (Å²) in [5.41, 5.74) is 0.465. The number of amides is 1. The molecule has 0 fully saturated rings. The first-order chi connectivity index (χ1) is 8.95. The van der Waals surface area contributed by atoms with Gasteiger partial charge in [-0.05, 0) is 18.2 Å². The topological polar surface area (TPSA) is 68.0 Å². The molecule has 0 radical (unpaired) electrons. The number of hydrogen-bond acceptors (Lipinski definition) is 4. The summed E-state index contributed by atoms with van der Waals surface area (Å²) in [6, 6.07) is 4.72. The van der Waals surface area contributed by atoms with Crippen molar-refractivity contribution in [2.75, 3.05) is 5.32 Å². The van der Waals surface area contributed by atoms with Crippen LogP contribution in [0.25, 0.3) is 0 Å². The molecule has 0 aliphatic carbocycles. The highest BCUT2D eigenvalue weighted by molar-refractivity contribution is 6.35. The average Bonchev–Trinajstić information content (AvgIpc) is 2.76. The van der Waals surface area contributed by atoms with Crippen molar-refractivity contribution >= 4 is 34.8 Å². The Kier molecular flexibility index (Phi) is 4.07. The maximum absolute atomic E-state index is 11.9. The molecule has 2 aromatic rings. The van der Waals surface area contributed by atoms with Crippen molar-refractivity contribution < 1.29 is 9.21 Å². The summed E-state index contributed by atoms with van der Waals surface area (Å²) in [6.07, 6.45) is 0. The third-order valence-electron chi connectivity index (χ3n) is 2.25. The SMILES string of the molecule is CC(C)c1nnc(C(=O)Nc2cc(Cl)cc(Cl)c2)o1. The van der Waals surface area contributed by atoms with E-state index in [1.165, 1.54) is 0 Å². The minimum absolute atomic E-state index is 0.0645. The van der Waals surface area contributed by atoms with Crippen molar-refractivity contribution in [3.8, 4) is 0 Å². The van der Waals surface area contributed by atoms with Gasteiger partial charge in [-0.15, -0.1) is 10.2 Å². The van der Waals surface area contributed by atoms with Crippen molar-refractivity contribution in [2.24, 2.45) is 0 Å². The van der Waals surface area contributed by atoms with E-state index in [1.807, 2.05) is 13.8 Å². The van der Waals surface area contributed by atoms with Crippen LogP contribution in [0, 0.1) is 0 Å². The number of benzene rings is 1. The van der Waals surface area contributed by atoms with E-state index in [0.29, 0.717) is 21.6 Å². The smallest absolute Gasteiger partial charge is 0.313 e. The first-order valence-corrected chi connectivity index (χ1v) is 6.32. The molecule has 0 unspecified atom stereocenters.